The van der Waals surface area contributed by atoms with Gasteiger partial charge in [0.2, 0.25) is 0 Å². The quantitative estimate of drug-likeness (QED) is 0.528. The minimum absolute atomic E-state index is 0.116. The standard InChI is InChI=1S/C9H20O4/c1-8(2,11)5-7-13-9(3,12)4-6-10/h10-12H,4-7H2,1-3H3. The van der Waals surface area contributed by atoms with Gasteiger partial charge in [0.25, 0.3) is 0 Å². The van der Waals surface area contributed by atoms with Crippen molar-refractivity contribution in [3.05, 3.63) is 0 Å². The fourth-order valence-electron chi connectivity index (χ4n) is 0.800. The molecule has 1 atom stereocenters. The largest absolute Gasteiger partial charge is 0.396 e. The Labute approximate surface area is 79.2 Å². The van der Waals surface area contributed by atoms with E-state index in [-0.39, 0.29) is 19.6 Å². The summed E-state index contributed by atoms with van der Waals surface area (Å²) < 4.78 is 5.08. The topological polar surface area (TPSA) is 69.9 Å². The number of rotatable bonds is 6. The van der Waals surface area contributed by atoms with Gasteiger partial charge in [-0.1, -0.05) is 0 Å². The lowest BCUT2D eigenvalue weighted by molar-refractivity contribution is -0.203. The summed E-state index contributed by atoms with van der Waals surface area (Å²) in [6.07, 6.45) is 0.632. The molecule has 4 heteroatoms. The second-order valence-corrected chi connectivity index (χ2v) is 4.06. The van der Waals surface area contributed by atoms with Crippen LogP contribution in [0.5, 0.6) is 0 Å². The lowest BCUT2D eigenvalue weighted by atomic mass is 10.1. The summed E-state index contributed by atoms with van der Waals surface area (Å²) in [4.78, 5) is 0. The van der Waals surface area contributed by atoms with Crippen molar-refractivity contribution in [3.8, 4) is 0 Å². The van der Waals surface area contributed by atoms with E-state index in [1.54, 1.807) is 13.8 Å². The van der Waals surface area contributed by atoms with Crippen LogP contribution in [0.15, 0.2) is 0 Å². The first kappa shape index (κ1) is 12.8. The Morgan fingerprint density at radius 1 is 1.08 bits per heavy atom. The van der Waals surface area contributed by atoms with Crippen LogP contribution in [0.2, 0.25) is 0 Å². The van der Waals surface area contributed by atoms with Crippen LogP contribution in [0.25, 0.3) is 0 Å². The number of hydrogen-bond acceptors (Lipinski definition) is 4. The second-order valence-electron chi connectivity index (χ2n) is 4.06. The fourth-order valence-corrected chi connectivity index (χ4v) is 0.800. The molecule has 0 bridgehead atoms. The molecule has 4 nitrogen and oxygen atoms in total. The molecular formula is C9H20O4. The van der Waals surface area contributed by atoms with Gasteiger partial charge in [-0.3, -0.25) is 0 Å². The normalized spacial score (nSPS) is 17.1. The first-order valence-electron chi connectivity index (χ1n) is 4.46. The molecule has 0 aliphatic rings. The van der Waals surface area contributed by atoms with Crippen LogP contribution in [0, 0.1) is 0 Å². The van der Waals surface area contributed by atoms with Gasteiger partial charge in [-0.05, 0) is 27.2 Å². The molecule has 0 aliphatic carbocycles. The predicted octanol–water partition coefficient (Wildman–Crippen LogP) is 0.255. The summed E-state index contributed by atoms with van der Waals surface area (Å²) in [5, 5.41) is 27.4. The molecule has 0 aromatic heterocycles. The van der Waals surface area contributed by atoms with E-state index < -0.39 is 11.4 Å². The molecule has 0 heterocycles. The van der Waals surface area contributed by atoms with Gasteiger partial charge in [-0.25, -0.2) is 0 Å². The van der Waals surface area contributed by atoms with Crippen molar-refractivity contribution in [2.24, 2.45) is 0 Å². The van der Waals surface area contributed by atoms with Crippen molar-refractivity contribution in [1.82, 2.24) is 0 Å². The van der Waals surface area contributed by atoms with Gasteiger partial charge in [0, 0.05) is 13.0 Å². The van der Waals surface area contributed by atoms with Gasteiger partial charge >= 0.3 is 0 Å². The third kappa shape index (κ3) is 8.18. The third-order valence-electron chi connectivity index (χ3n) is 1.70. The smallest absolute Gasteiger partial charge is 0.164 e. The van der Waals surface area contributed by atoms with Gasteiger partial charge in [0.1, 0.15) is 0 Å². The maximum atomic E-state index is 9.45. The van der Waals surface area contributed by atoms with Crippen LogP contribution < -0.4 is 0 Å². The van der Waals surface area contributed by atoms with Crippen molar-refractivity contribution in [2.75, 3.05) is 13.2 Å². The summed E-state index contributed by atoms with van der Waals surface area (Å²) in [5.41, 5.74) is -0.782. The molecule has 0 aromatic rings. The van der Waals surface area contributed by atoms with Gasteiger partial charge in [0.05, 0.1) is 12.2 Å². The maximum Gasteiger partial charge on any atom is 0.164 e. The summed E-state index contributed by atoms with van der Waals surface area (Å²) in [5.74, 6) is -1.29. The second kappa shape index (κ2) is 4.91. The maximum absolute atomic E-state index is 9.45. The average Bonchev–Trinajstić information content (AvgIpc) is 1.82. The summed E-state index contributed by atoms with van der Waals surface area (Å²) in [6.45, 7) is 5.01. The Morgan fingerprint density at radius 2 is 1.62 bits per heavy atom. The molecule has 0 spiro atoms. The van der Waals surface area contributed by atoms with Crippen LogP contribution in [0.1, 0.15) is 33.6 Å². The average molecular weight is 192 g/mol. The Bertz CT molecular complexity index is 137. The molecule has 13 heavy (non-hydrogen) atoms. The van der Waals surface area contributed by atoms with E-state index in [0.717, 1.165) is 0 Å². The van der Waals surface area contributed by atoms with Gasteiger partial charge in [0.15, 0.2) is 5.79 Å². The Morgan fingerprint density at radius 3 is 2.00 bits per heavy atom. The van der Waals surface area contributed by atoms with Crippen LogP contribution in [-0.2, 0) is 4.74 Å². The molecule has 0 rings (SSSR count). The van der Waals surface area contributed by atoms with Gasteiger partial charge in [-0.2, -0.15) is 0 Å². The van der Waals surface area contributed by atoms with Crippen LogP contribution in [0.3, 0.4) is 0 Å². The van der Waals surface area contributed by atoms with Crippen LogP contribution in [0.4, 0.5) is 0 Å². The van der Waals surface area contributed by atoms with Crippen molar-refractivity contribution in [3.63, 3.8) is 0 Å². The van der Waals surface area contributed by atoms with Crippen molar-refractivity contribution in [2.45, 2.75) is 45.0 Å². The Kier molecular flexibility index (Phi) is 4.85. The zero-order valence-corrected chi connectivity index (χ0v) is 8.58. The lowest BCUT2D eigenvalue weighted by Crippen LogP contribution is -2.32. The van der Waals surface area contributed by atoms with Crippen molar-refractivity contribution >= 4 is 0 Å². The molecule has 1 unspecified atom stereocenters. The minimum Gasteiger partial charge on any atom is -0.396 e. The van der Waals surface area contributed by atoms with E-state index in [1.807, 2.05) is 0 Å². The molecule has 0 saturated carbocycles. The molecule has 0 radical (unpaired) electrons. The minimum atomic E-state index is -1.29. The number of aliphatic hydroxyl groups excluding tert-OH is 1. The van der Waals surface area contributed by atoms with Crippen LogP contribution >= 0.6 is 0 Å². The Balaban J connectivity index is 3.63. The molecule has 80 valence electrons. The van der Waals surface area contributed by atoms with E-state index in [4.69, 9.17) is 9.84 Å². The van der Waals surface area contributed by atoms with E-state index in [2.05, 4.69) is 0 Å². The number of ether oxygens (including phenoxy) is 1. The molecule has 3 N–H and O–H groups in total. The molecule has 0 amide bonds. The zero-order chi connectivity index (χ0) is 10.5. The van der Waals surface area contributed by atoms with E-state index >= 15 is 0 Å². The highest BCUT2D eigenvalue weighted by molar-refractivity contribution is 4.66. The highest BCUT2D eigenvalue weighted by Gasteiger charge is 2.21. The molecule has 0 fully saturated rings. The van der Waals surface area contributed by atoms with Crippen molar-refractivity contribution in [1.29, 1.82) is 0 Å². The van der Waals surface area contributed by atoms with E-state index in [9.17, 15) is 10.2 Å². The number of hydrogen-bond donors (Lipinski definition) is 3. The number of aliphatic hydroxyl groups is 3. The molecule has 0 aliphatic heterocycles. The summed E-state index contributed by atoms with van der Waals surface area (Å²) in [6, 6.07) is 0. The molecule has 0 saturated heterocycles. The highest BCUT2D eigenvalue weighted by atomic mass is 16.6. The SMILES string of the molecule is CC(C)(O)CCOC(C)(O)CCO. The molecule has 0 aromatic carbocycles. The Hall–Kier alpha value is -0.160. The van der Waals surface area contributed by atoms with E-state index in [0.29, 0.717) is 6.42 Å². The lowest BCUT2D eigenvalue weighted by Gasteiger charge is -2.25. The van der Waals surface area contributed by atoms with Gasteiger partial charge < -0.3 is 20.1 Å². The summed E-state index contributed by atoms with van der Waals surface area (Å²) >= 11 is 0. The third-order valence-corrected chi connectivity index (χ3v) is 1.70. The zero-order valence-electron chi connectivity index (χ0n) is 8.58. The first-order valence-corrected chi connectivity index (χ1v) is 4.46. The van der Waals surface area contributed by atoms with E-state index in [1.165, 1.54) is 6.92 Å². The van der Waals surface area contributed by atoms with Crippen LogP contribution in [-0.4, -0.2) is 39.9 Å². The van der Waals surface area contributed by atoms with Crippen molar-refractivity contribution < 1.29 is 20.1 Å². The predicted molar refractivity (Wildman–Crippen MR) is 49.2 cm³/mol. The molecular weight excluding hydrogens is 172 g/mol. The first-order chi connectivity index (χ1) is 5.77. The summed E-state index contributed by atoms with van der Waals surface area (Å²) in [7, 11) is 0. The monoisotopic (exact) mass is 192 g/mol. The highest BCUT2D eigenvalue weighted by Crippen LogP contribution is 2.14. The fraction of sp³-hybridized carbons (Fsp3) is 1.00. The van der Waals surface area contributed by atoms with Gasteiger partial charge in [-0.15, -0.1) is 0 Å².